The Morgan fingerprint density at radius 1 is 0.959 bits per heavy atom. The van der Waals surface area contributed by atoms with Crippen molar-refractivity contribution in [2.45, 2.75) is 52.9 Å². The molecule has 0 fully saturated rings. The van der Waals surface area contributed by atoms with E-state index < -0.39 is 27.7 Å². The van der Waals surface area contributed by atoms with Gasteiger partial charge in [-0.15, -0.1) is 0 Å². The van der Waals surface area contributed by atoms with E-state index in [1.807, 2.05) is 101 Å². The summed E-state index contributed by atoms with van der Waals surface area (Å²) in [6.45, 7) is 9.86. The van der Waals surface area contributed by atoms with Gasteiger partial charge < -0.3 is 14.4 Å². The second kappa shape index (κ2) is 11.6. The van der Waals surface area contributed by atoms with Gasteiger partial charge >= 0.3 is 5.97 Å². The Kier molecular flexibility index (Phi) is 7.68. The highest BCUT2D eigenvalue weighted by molar-refractivity contribution is 7.92. The Bertz CT molecular complexity index is 2400. The van der Waals surface area contributed by atoms with E-state index in [-0.39, 0.29) is 6.54 Å². The first kappa shape index (κ1) is 32.5. The number of aliphatic carboxylic acids is 1. The van der Waals surface area contributed by atoms with Gasteiger partial charge in [0.25, 0.3) is 0 Å². The standard InChI is InChI=1S/C38H39N5O5S/c1-22-8-10-24(11-9-22)33-28-20-31(26-14-15-39-29(19-26)25-12-13-30-27(18-25)21-40-41(30)6)42-16-17-43(49(7,46)47)34(35(28)42)23(2)32(33)36(37(44)45)48-38(3,4)5/h8-15,18-21,36H,16-17H2,1-7H3,(H,44,45)/t36-/m0/s1. The van der Waals surface area contributed by atoms with Crippen molar-refractivity contribution < 1.29 is 23.1 Å². The summed E-state index contributed by atoms with van der Waals surface area (Å²) in [6, 6.07) is 20.1. The molecule has 7 rings (SSSR count). The number of anilines is 1. The number of hydrogen-bond acceptors (Lipinski definition) is 6. The van der Waals surface area contributed by atoms with Crippen LogP contribution in [0.15, 0.2) is 73.1 Å². The van der Waals surface area contributed by atoms with Crippen LogP contribution in [0.1, 0.15) is 43.6 Å². The van der Waals surface area contributed by atoms with Crippen molar-refractivity contribution in [3.05, 3.63) is 89.7 Å². The molecular weight excluding hydrogens is 639 g/mol. The van der Waals surface area contributed by atoms with Gasteiger partial charge in [0.15, 0.2) is 6.10 Å². The van der Waals surface area contributed by atoms with Gasteiger partial charge in [0.05, 0.1) is 47.0 Å². The lowest BCUT2D eigenvalue weighted by Crippen LogP contribution is -2.37. The van der Waals surface area contributed by atoms with Crippen LogP contribution in [0.3, 0.4) is 0 Å². The molecule has 10 nitrogen and oxygen atoms in total. The maximum Gasteiger partial charge on any atom is 0.337 e. The lowest BCUT2D eigenvalue weighted by atomic mass is 9.87. The molecule has 11 heteroatoms. The smallest absolute Gasteiger partial charge is 0.337 e. The second-order valence-electron chi connectivity index (χ2n) is 13.8. The third-order valence-corrected chi connectivity index (χ3v) is 10.4. The molecule has 0 saturated heterocycles. The predicted molar refractivity (Wildman–Crippen MR) is 193 cm³/mol. The summed E-state index contributed by atoms with van der Waals surface area (Å²) in [6.07, 6.45) is 3.45. The molecular formula is C38H39N5O5S. The molecule has 0 bridgehead atoms. The molecule has 0 amide bonds. The van der Waals surface area contributed by atoms with Crippen molar-refractivity contribution in [1.82, 2.24) is 19.3 Å². The number of fused-ring (bicyclic) bond motifs is 1. The summed E-state index contributed by atoms with van der Waals surface area (Å²) in [5.41, 5.74) is 8.53. The summed E-state index contributed by atoms with van der Waals surface area (Å²) in [5, 5.41) is 16.8. The van der Waals surface area contributed by atoms with E-state index in [4.69, 9.17) is 9.72 Å². The molecule has 3 aromatic heterocycles. The second-order valence-corrected chi connectivity index (χ2v) is 15.7. The Balaban J connectivity index is 1.55. The molecule has 4 heterocycles. The summed E-state index contributed by atoms with van der Waals surface area (Å²) in [4.78, 5) is 17.8. The summed E-state index contributed by atoms with van der Waals surface area (Å²) < 4.78 is 38.4. The summed E-state index contributed by atoms with van der Waals surface area (Å²) in [7, 11) is -1.81. The number of benzene rings is 3. The van der Waals surface area contributed by atoms with Gasteiger partial charge in [0.2, 0.25) is 10.0 Å². The highest BCUT2D eigenvalue weighted by atomic mass is 32.2. The van der Waals surface area contributed by atoms with Crippen molar-refractivity contribution >= 4 is 43.5 Å². The fraction of sp³-hybridized carbons (Fsp3) is 0.289. The van der Waals surface area contributed by atoms with E-state index in [2.05, 4.69) is 21.8 Å². The van der Waals surface area contributed by atoms with E-state index >= 15 is 0 Å². The molecule has 252 valence electrons. The molecule has 1 aliphatic heterocycles. The molecule has 0 saturated carbocycles. The molecule has 0 radical (unpaired) electrons. The van der Waals surface area contributed by atoms with Crippen LogP contribution in [0.25, 0.3) is 55.4 Å². The van der Waals surface area contributed by atoms with Gasteiger partial charge in [0, 0.05) is 52.9 Å². The van der Waals surface area contributed by atoms with Crippen LogP contribution < -0.4 is 4.31 Å². The van der Waals surface area contributed by atoms with E-state index in [0.29, 0.717) is 28.9 Å². The maximum absolute atomic E-state index is 13.4. The topological polar surface area (TPSA) is 120 Å². The van der Waals surface area contributed by atoms with E-state index in [0.717, 1.165) is 55.4 Å². The van der Waals surface area contributed by atoms with E-state index in [1.165, 1.54) is 10.6 Å². The molecule has 0 unspecified atom stereocenters. The third-order valence-electron chi connectivity index (χ3n) is 9.19. The minimum Gasteiger partial charge on any atom is -0.479 e. The van der Waals surface area contributed by atoms with Crippen LogP contribution in [-0.2, 0) is 33.1 Å². The molecule has 0 aliphatic carbocycles. The minimum atomic E-state index is -3.72. The lowest BCUT2D eigenvalue weighted by Gasteiger charge is -2.34. The van der Waals surface area contributed by atoms with E-state index in [1.54, 1.807) is 6.20 Å². The molecule has 1 atom stereocenters. The minimum absolute atomic E-state index is 0.195. The first-order valence-electron chi connectivity index (χ1n) is 16.2. The van der Waals surface area contributed by atoms with Crippen LogP contribution in [0.2, 0.25) is 0 Å². The number of nitrogens with zero attached hydrogens (tertiary/aromatic N) is 5. The summed E-state index contributed by atoms with van der Waals surface area (Å²) in [5.74, 6) is -1.15. The average molecular weight is 678 g/mol. The average Bonchev–Trinajstić information content (AvgIpc) is 3.61. The first-order valence-corrected chi connectivity index (χ1v) is 18.0. The number of sulfonamides is 1. The molecule has 1 N–H and O–H groups in total. The Morgan fingerprint density at radius 2 is 1.67 bits per heavy atom. The van der Waals surface area contributed by atoms with Crippen molar-refractivity contribution in [1.29, 1.82) is 0 Å². The highest BCUT2D eigenvalue weighted by Gasteiger charge is 2.38. The summed E-state index contributed by atoms with van der Waals surface area (Å²) >= 11 is 0. The molecule has 3 aromatic carbocycles. The number of carboxylic acids is 1. The zero-order chi connectivity index (χ0) is 35.0. The number of carboxylic acid groups (broad SMARTS) is 1. The Morgan fingerprint density at radius 3 is 2.35 bits per heavy atom. The third kappa shape index (κ3) is 5.66. The molecule has 1 aliphatic rings. The Hall–Kier alpha value is -5.00. The van der Waals surface area contributed by atoms with Crippen molar-refractivity contribution in [3.8, 4) is 33.6 Å². The van der Waals surface area contributed by atoms with Gasteiger partial charge in [-0.1, -0.05) is 35.9 Å². The number of carbonyl (C=O) groups is 1. The quantitative estimate of drug-likeness (QED) is 0.189. The zero-order valence-corrected chi connectivity index (χ0v) is 29.5. The number of ether oxygens (including phenoxy) is 1. The van der Waals surface area contributed by atoms with Gasteiger partial charge in [-0.3, -0.25) is 14.0 Å². The van der Waals surface area contributed by atoms with Crippen LogP contribution in [0.4, 0.5) is 5.69 Å². The van der Waals surface area contributed by atoms with Gasteiger partial charge in [-0.2, -0.15) is 5.10 Å². The van der Waals surface area contributed by atoms with Gasteiger partial charge in [-0.05, 0) is 81.6 Å². The highest BCUT2D eigenvalue weighted by Crippen LogP contribution is 2.50. The molecule has 0 spiro atoms. The lowest BCUT2D eigenvalue weighted by molar-refractivity contribution is -0.160. The van der Waals surface area contributed by atoms with Crippen LogP contribution in [0, 0.1) is 13.8 Å². The number of rotatable bonds is 7. The fourth-order valence-electron chi connectivity index (χ4n) is 7.06. The number of aryl methyl sites for hydroxylation is 2. The molecule has 49 heavy (non-hydrogen) atoms. The predicted octanol–water partition coefficient (Wildman–Crippen LogP) is 7.26. The molecule has 6 aromatic rings. The number of hydrogen-bond donors (Lipinski definition) is 1. The first-order chi connectivity index (χ1) is 23.1. The van der Waals surface area contributed by atoms with Gasteiger partial charge in [-0.25, -0.2) is 13.2 Å². The number of pyridine rings is 1. The van der Waals surface area contributed by atoms with Crippen LogP contribution in [0.5, 0.6) is 0 Å². The van der Waals surface area contributed by atoms with Crippen molar-refractivity contribution in [2.24, 2.45) is 7.05 Å². The Labute approximate surface area is 285 Å². The van der Waals surface area contributed by atoms with Gasteiger partial charge in [0.1, 0.15) is 0 Å². The maximum atomic E-state index is 13.4. The van der Waals surface area contributed by atoms with Crippen LogP contribution in [-0.4, -0.2) is 57.2 Å². The largest absolute Gasteiger partial charge is 0.479 e. The number of aromatic nitrogens is 4. The fourth-order valence-corrected chi connectivity index (χ4v) is 8.03. The van der Waals surface area contributed by atoms with Crippen molar-refractivity contribution in [2.75, 3.05) is 17.1 Å². The van der Waals surface area contributed by atoms with Crippen LogP contribution >= 0.6 is 0 Å². The van der Waals surface area contributed by atoms with Crippen molar-refractivity contribution in [3.63, 3.8) is 0 Å². The SMILES string of the molecule is Cc1ccc(-c2c([C@H](OC(C)(C)C)C(=O)O)c(C)c3c4c2cc(-c2ccnc(-c5ccc6c(cnn6C)c5)c2)n4CCN3S(C)(=O)=O)cc1. The monoisotopic (exact) mass is 677 g/mol. The van der Waals surface area contributed by atoms with E-state index in [9.17, 15) is 18.3 Å². The zero-order valence-electron chi connectivity index (χ0n) is 28.6. The normalized spacial score (nSPS) is 14.1.